The zero-order chi connectivity index (χ0) is 20.6. The number of carbonyl (C=O) groups is 3. The number of piperidine rings is 2. The molecule has 0 aromatic rings. The van der Waals surface area contributed by atoms with E-state index >= 15 is 0 Å². The van der Waals surface area contributed by atoms with Crippen LogP contribution in [0.4, 0.5) is 4.79 Å². The Morgan fingerprint density at radius 3 is 2.59 bits per heavy atom. The molecule has 29 heavy (non-hydrogen) atoms. The van der Waals surface area contributed by atoms with Gasteiger partial charge in [0.15, 0.2) is 0 Å². The van der Waals surface area contributed by atoms with Gasteiger partial charge in [-0.2, -0.15) is 0 Å². The van der Waals surface area contributed by atoms with Crippen LogP contribution in [0.5, 0.6) is 0 Å². The highest BCUT2D eigenvalue weighted by atomic mass is 16.5. The molecule has 4 aliphatic rings. The molecule has 8 heteroatoms. The van der Waals surface area contributed by atoms with Crippen LogP contribution in [0.25, 0.3) is 0 Å². The number of likely N-dealkylation sites (tertiary alicyclic amines) is 2. The van der Waals surface area contributed by atoms with Crippen LogP contribution in [0.1, 0.15) is 52.4 Å². The molecule has 0 radical (unpaired) electrons. The fourth-order valence-corrected chi connectivity index (χ4v) is 5.29. The zero-order valence-electron chi connectivity index (χ0n) is 17.7. The van der Waals surface area contributed by atoms with E-state index in [0.717, 1.165) is 45.3 Å². The minimum atomic E-state index is -0.759. The van der Waals surface area contributed by atoms with Gasteiger partial charge in [-0.3, -0.25) is 14.5 Å². The smallest absolute Gasteiger partial charge is 0.325 e. The standard InChI is InChI=1S/C21H34N4O4/c1-15(2)13-23-10-7-21(8-11-23)19(27)25(20(28)22-21)16-5-3-9-24(14-16)18(26)17-6-4-12-29-17/h15-17H,3-14H2,1-2H3,(H,22,28)/t16-,17-/m1/s1. The summed E-state index contributed by atoms with van der Waals surface area (Å²) in [5.41, 5.74) is -0.759. The largest absolute Gasteiger partial charge is 0.368 e. The predicted molar refractivity (Wildman–Crippen MR) is 107 cm³/mol. The summed E-state index contributed by atoms with van der Waals surface area (Å²) in [6, 6.07) is -0.529. The molecule has 2 atom stereocenters. The Hall–Kier alpha value is -1.67. The van der Waals surface area contributed by atoms with E-state index in [0.29, 0.717) is 38.5 Å². The summed E-state index contributed by atoms with van der Waals surface area (Å²) in [7, 11) is 0. The number of carbonyl (C=O) groups excluding carboxylic acids is 3. The second-order valence-electron chi connectivity index (χ2n) is 9.46. The maximum Gasteiger partial charge on any atom is 0.325 e. The van der Waals surface area contributed by atoms with Gasteiger partial charge in [0.2, 0.25) is 0 Å². The van der Waals surface area contributed by atoms with Gasteiger partial charge in [0.1, 0.15) is 11.6 Å². The van der Waals surface area contributed by atoms with Crippen molar-refractivity contribution in [2.45, 2.75) is 70.1 Å². The number of nitrogens with zero attached hydrogens (tertiary/aromatic N) is 3. The fourth-order valence-electron chi connectivity index (χ4n) is 5.29. The third-order valence-corrected chi connectivity index (χ3v) is 6.80. The summed E-state index contributed by atoms with van der Waals surface area (Å²) in [5.74, 6) is 0.503. The van der Waals surface area contributed by atoms with E-state index < -0.39 is 5.54 Å². The van der Waals surface area contributed by atoms with E-state index in [9.17, 15) is 14.4 Å². The average Bonchev–Trinajstić information content (AvgIpc) is 3.31. The number of urea groups is 1. The molecule has 162 valence electrons. The van der Waals surface area contributed by atoms with Gasteiger partial charge < -0.3 is 19.9 Å². The highest BCUT2D eigenvalue weighted by Crippen LogP contribution is 2.33. The van der Waals surface area contributed by atoms with E-state index in [1.165, 1.54) is 4.90 Å². The van der Waals surface area contributed by atoms with Gasteiger partial charge in [-0.25, -0.2) is 4.79 Å². The lowest BCUT2D eigenvalue weighted by Crippen LogP contribution is -2.57. The molecular weight excluding hydrogens is 372 g/mol. The predicted octanol–water partition coefficient (Wildman–Crippen LogP) is 1.20. The quantitative estimate of drug-likeness (QED) is 0.710. The summed E-state index contributed by atoms with van der Waals surface area (Å²) in [6.45, 7) is 8.80. The van der Waals surface area contributed by atoms with Crippen molar-refractivity contribution in [1.29, 1.82) is 0 Å². The molecule has 0 bridgehead atoms. The number of ether oxygens (including phenoxy) is 1. The van der Waals surface area contributed by atoms with Crippen molar-refractivity contribution in [2.24, 2.45) is 5.92 Å². The first kappa shape index (κ1) is 20.6. The molecule has 4 fully saturated rings. The van der Waals surface area contributed by atoms with Crippen molar-refractivity contribution in [2.75, 3.05) is 39.3 Å². The highest BCUT2D eigenvalue weighted by molar-refractivity contribution is 6.07. The van der Waals surface area contributed by atoms with E-state index in [1.54, 1.807) is 4.90 Å². The van der Waals surface area contributed by atoms with Crippen LogP contribution in [0.2, 0.25) is 0 Å². The normalized spacial score (nSPS) is 30.4. The molecular formula is C21H34N4O4. The van der Waals surface area contributed by atoms with Crippen LogP contribution in [0.15, 0.2) is 0 Å². The van der Waals surface area contributed by atoms with E-state index in [1.807, 2.05) is 0 Å². The second kappa shape index (κ2) is 8.22. The summed E-state index contributed by atoms with van der Waals surface area (Å²) in [4.78, 5) is 44.5. The molecule has 4 aliphatic heterocycles. The first-order valence-electron chi connectivity index (χ1n) is 11.2. The van der Waals surface area contributed by atoms with Gasteiger partial charge in [-0.05, 0) is 44.4 Å². The first-order chi connectivity index (χ1) is 13.9. The number of imide groups is 1. The summed E-state index contributed by atoms with van der Waals surface area (Å²) in [5, 5.41) is 3.02. The van der Waals surface area contributed by atoms with Crippen LogP contribution in [-0.4, -0.2) is 89.6 Å². The first-order valence-corrected chi connectivity index (χ1v) is 11.2. The number of hydrogen-bond donors (Lipinski definition) is 1. The molecule has 0 unspecified atom stereocenters. The van der Waals surface area contributed by atoms with Crippen molar-refractivity contribution in [3.8, 4) is 0 Å². The molecule has 0 aromatic carbocycles. The maximum atomic E-state index is 13.3. The highest BCUT2D eigenvalue weighted by Gasteiger charge is 2.54. The molecule has 4 rings (SSSR count). The Morgan fingerprint density at radius 1 is 1.17 bits per heavy atom. The van der Waals surface area contributed by atoms with Gasteiger partial charge in [0, 0.05) is 39.3 Å². The van der Waals surface area contributed by atoms with Crippen LogP contribution in [-0.2, 0) is 14.3 Å². The molecule has 0 aliphatic carbocycles. The molecule has 1 N–H and O–H groups in total. The second-order valence-corrected chi connectivity index (χ2v) is 9.46. The number of hydrogen-bond acceptors (Lipinski definition) is 5. The summed E-state index contributed by atoms with van der Waals surface area (Å²) < 4.78 is 5.54. The lowest BCUT2D eigenvalue weighted by molar-refractivity contribution is -0.145. The van der Waals surface area contributed by atoms with E-state index in [2.05, 4.69) is 24.1 Å². The van der Waals surface area contributed by atoms with E-state index in [-0.39, 0.29) is 30.0 Å². The molecule has 4 heterocycles. The maximum absolute atomic E-state index is 13.3. The number of amides is 4. The van der Waals surface area contributed by atoms with Gasteiger partial charge in [0.05, 0.1) is 6.04 Å². The minimum Gasteiger partial charge on any atom is -0.368 e. The van der Waals surface area contributed by atoms with Crippen LogP contribution >= 0.6 is 0 Å². The van der Waals surface area contributed by atoms with Gasteiger partial charge >= 0.3 is 6.03 Å². The Balaban J connectivity index is 1.40. The van der Waals surface area contributed by atoms with Crippen molar-refractivity contribution in [1.82, 2.24) is 20.0 Å². The molecule has 4 saturated heterocycles. The average molecular weight is 407 g/mol. The Kier molecular flexibility index (Phi) is 5.84. The van der Waals surface area contributed by atoms with Crippen LogP contribution in [0, 0.1) is 5.92 Å². The number of rotatable bonds is 4. The molecule has 1 spiro atoms. The minimum absolute atomic E-state index is 0.0101. The Bertz CT molecular complexity index is 653. The van der Waals surface area contributed by atoms with Crippen molar-refractivity contribution >= 4 is 17.8 Å². The van der Waals surface area contributed by atoms with E-state index in [4.69, 9.17) is 4.74 Å². The monoisotopic (exact) mass is 406 g/mol. The summed E-state index contributed by atoms with van der Waals surface area (Å²) in [6.07, 6.45) is 4.20. The van der Waals surface area contributed by atoms with Crippen LogP contribution < -0.4 is 5.32 Å². The van der Waals surface area contributed by atoms with Crippen LogP contribution in [0.3, 0.4) is 0 Å². The van der Waals surface area contributed by atoms with Gasteiger partial charge in [0.25, 0.3) is 11.8 Å². The number of nitrogens with one attached hydrogen (secondary N) is 1. The third kappa shape index (κ3) is 4.01. The molecule has 4 amide bonds. The van der Waals surface area contributed by atoms with Crippen molar-refractivity contribution in [3.63, 3.8) is 0 Å². The molecule has 0 saturated carbocycles. The fraction of sp³-hybridized carbons (Fsp3) is 0.857. The SMILES string of the molecule is CC(C)CN1CCC2(CC1)NC(=O)N([C@@H]1CCCN(C(=O)[C@H]3CCCO3)C1)C2=O. The zero-order valence-corrected chi connectivity index (χ0v) is 17.7. The topological polar surface area (TPSA) is 82.2 Å². The van der Waals surface area contributed by atoms with Crippen molar-refractivity contribution < 1.29 is 19.1 Å². The Morgan fingerprint density at radius 2 is 1.93 bits per heavy atom. The lowest BCUT2D eigenvalue weighted by atomic mass is 9.86. The lowest BCUT2D eigenvalue weighted by Gasteiger charge is -2.39. The molecule has 8 nitrogen and oxygen atoms in total. The van der Waals surface area contributed by atoms with Gasteiger partial charge in [-0.15, -0.1) is 0 Å². The summed E-state index contributed by atoms with van der Waals surface area (Å²) >= 11 is 0. The van der Waals surface area contributed by atoms with Gasteiger partial charge in [-0.1, -0.05) is 13.8 Å². The Labute approximate surface area is 172 Å². The van der Waals surface area contributed by atoms with Crippen molar-refractivity contribution in [3.05, 3.63) is 0 Å². The third-order valence-electron chi connectivity index (χ3n) is 6.80. The molecule has 0 aromatic heterocycles.